The maximum absolute atomic E-state index is 12.7. The van der Waals surface area contributed by atoms with Gasteiger partial charge in [-0.2, -0.15) is 21.6 Å². The summed E-state index contributed by atoms with van der Waals surface area (Å²) < 4.78 is 69.3. The van der Waals surface area contributed by atoms with Gasteiger partial charge in [-0.3, -0.25) is 4.79 Å². The van der Waals surface area contributed by atoms with Gasteiger partial charge >= 0.3 is 22.3 Å². The molecule has 0 N–H and O–H groups in total. The molecule has 21 heavy (non-hydrogen) atoms. The Balaban J connectivity index is 3.18. The van der Waals surface area contributed by atoms with Gasteiger partial charge in [-0.15, -0.1) is 0 Å². The first-order valence-corrected chi connectivity index (χ1v) is 7.59. The predicted octanol–water partition coefficient (Wildman–Crippen LogP) is 2.15. The van der Waals surface area contributed by atoms with Crippen LogP contribution in [0, 0.1) is 0 Å². The van der Waals surface area contributed by atoms with Crippen molar-refractivity contribution < 1.29 is 35.3 Å². The third kappa shape index (κ3) is 6.03. The van der Waals surface area contributed by atoms with Gasteiger partial charge < -0.3 is 8.92 Å². The van der Waals surface area contributed by atoms with Gasteiger partial charge in [0.25, 0.3) is 0 Å². The quantitative estimate of drug-likeness (QED) is 0.612. The van der Waals surface area contributed by atoms with Crippen LogP contribution in [0.15, 0.2) is 18.2 Å². The van der Waals surface area contributed by atoms with Crippen molar-refractivity contribution >= 4 is 16.1 Å². The molecule has 0 unspecified atom stereocenters. The first-order chi connectivity index (χ1) is 9.51. The zero-order chi connectivity index (χ0) is 16.3. The highest BCUT2D eigenvalue weighted by Gasteiger charge is 2.32. The van der Waals surface area contributed by atoms with Crippen molar-refractivity contribution in [3.63, 3.8) is 0 Å². The molecule has 0 atom stereocenters. The van der Waals surface area contributed by atoms with E-state index in [0.29, 0.717) is 12.3 Å². The molecule has 0 saturated heterocycles. The molecule has 0 aliphatic heterocycles. The normalized spacial score (nSPS) is 12.0. The van der Waals surface area contributed by atoms with Crippen molar-refractivity contribution in [2.24, 2.45) is 0 Å². The van der Waals surface area contributed by atoms with Crippen LogP contribution in [0.5, 0.6) is 5.75 Å². The van der Waals surface area contributed by atoms with Crippen LogP contribution in [-0.4, -0.2) is 27.2 Å². The van der Waals surface area contributed by atoms with Crippen LogP contribution in [0.3, 0.4) is 0 Å². The van der Waals surface area contributed by atoms with Crippen LogP contribution in [0.1, 0.15) is 18.1 Å². The SMILES string of the molecule is CCOC(=O)Cc1cc(OS(C)(=O)=O)cc(C(F)(F)F)c1. The highest BCUT2D eigenvalue weighted by molar-refractivity contribution is 7.86. The van der Waals surface area contributed by atoms with E-state index in [9.17, 15) is 26.4 Å². The number of rotatable bonds is 5. The molecule has 0 aliphatic rings. The van der Waals surface area contributed by atoms with E-state index in [1.165, 1.54) is 0 Å². The molecule has 0 aromatic heterocycles. The molecular weight excluding hydrogens is 313 g/mol. The second-order valence-corrected chi connectivity index (χ2v) is 5.71. The Hall–Kier alpha value is -1.77. The van der Waals surface area contributed by atoms with Crippen LogP contribution >= 0.6 is 0 Å². The maximum atomic E-state index is 12.7. The lowest BCUT2D eigenvalue weighted by Crippen LogP contribution is -2.12. The molecule has 0 heterocycles. The van der Waals surface area contributed by atoms with Crippen LogP contribution in [-0.2, 0) is 32.2 Å². The zero-order valence-corrected chi connectivity index (χ0v) is 12.0. The first kappa shape index (κ1) is 17.3. The van der Waals surface area contributed by atoms with Crippen LogP contribution < -0.4 is 4.18 Å². The monoisotopic (exact) mass is 326 g/mol. The summed E-state index contributed by atoms with van der Waals surface area (Å²) in [6.07, 6.45) is -4.41. The molecule has 0 aliphatic carbocycles. The summed E-state index contributed by atoms with van der Waals surface area (Å²) >= 11 is 0. The van der Waals surface area contributed by atoms with Gasteiger partial charge in [0.15, 0.2) is 0 Å². The minimum Gasteiger partial charge on any atom is -0.466 e. The van der Waals surface area contributed by atoms with Crippen molar-refractivity contribution in [2.45, 2.75) is 19.5 Å². The second kappa shape index (κ2) is 6.33. The van der Waals surface area contributed by atoms with Gasteiger partial charge in [-0.25, -0.2) is 0 Å². The fraction of sp³-hybridized carbons (Fsp3) is 0.417. The third-order valence-electron chi connectivity index (χ3n) is 2.20. The van der Waals surface area contributed by atoms with Crippen molar-refractivity contribution in [1.29, 1.82) is 0 Å². The van der Waals surface area contributed by atoms with Gasteiger partial charge in [-0.1, -0.05) is 0 Å². The summed E-state index contributed by atoms with van der Waals surface area (Å²) in [7, 11) is -3.98. The lowest BCUT2D eigenvalue weighted by Gasteiger charge is -2.12. The fourth-order valence-corrected chi connectivity index (χ4v) is 1.97. The van der Waals surface area contributed by atoms with Crippen molar-refractivity contribution in [2.75, 3.05) is 12.9 Å². The minimum absolute atomic E-state index is 0.0538. The molecule has 1 rings (SSSR count). The van der Waals surface area contributed by atoms with Gasteiger partial charge in [0.2, 0.25) is 0 Å². The van der Waals surface area contributed by atoms with Crippen LogP contribution in [0.2, 0.25) is 0 Å². The molecule has 1 aromatic rings. The number of ether oxygens (including phenoxy) is 1. The second-order valence-electron chi connectivity index (χ2n) is 4.13. The van der Waals surface area contributed by atoms with Gasteiger partial charge in [0.1, 0.15) is 5.75 Å². The average molecular weight is 326 g/mol. The lowest BCUT2D eigenvalue weighted by molar-refractivity contribution is -0.142. The van der Waals surface area contributed by atoms with E-state index in [1.807, 2.05) is 0 Å². The number of esters is 1. The highest BCUT2D eigenvalue weighted by Crippen LogP contribution is 2.33. The number of carbonyl (C=O) groups is 1. The Morgan fingerprint density at radius 2 is 1.86 bits per heavy atom. The van der Waals surface area contributed by atoms with Crippen molar-refractivity contribution in [3.05, 3.63) is 29.3 Å². The van der Waals surface area contributed by atoms with E-state index >= 15 is 0 Å². The summed E-state index contributed by atoms with van der Waals surface area (Å²) in [6, 6.07) is 2.34. The lowest BCUT2D eigenvalue weighted by atomic mass is 10.1. The van der Waals surface area contributed by atoms with E-state index in [2.05, 4.69) is 8.92 Å². The van der Waals surface area contributed by atoms with E-state index < -0.39 is 40.0 Å². The maximum Gasteiger partial charge on any atom is 0.416 e. The summed E-state index contributed by atoms with van der Waals surface area (Å²) in [5.74, 6) is -1.23. The number of carbonyl (C=O) groups excluding carboxylic acids is 1. The fourth-order valence-electron chi connectivity index (χ4n) is 1.53. The highest BCUT2D eigenvalue weighted by atomic mass is 32.2. The Bertz CT molecular complexity index is 622. The van der Waals surface area contributed by atoms with Crippen LogP contribution in [0.25, 0.3) is 0 Å². The standard InChI is InChI=1S/C12H13F3O5S/c1-3-19-11(16)6-8-4-9(12(13,14)15)7-10(5-8)20-21(2,17)18/h4-5,7H,3,6H2,1-2H3. The Kier molecular flexibility index (Phi) is 5.21. The number of benzene rings is 1. The molecule has 9 heteroatoms. The van der Waals surface area contributed by atoms with Crippen molar-refractivity contribution in [3.8, 4) is 5.75 Å². The Morgan fingerprint density at radius 1 is 1.24 bits per heavy atom. The molecule has 0 amide bonds. The van der Waals surface area contributed by atoms with Gasteiger partial charge in [0, 0.05) is 0 Å². The van der Waals surface area contributed by atoms with E-state index in [-0.39, 0.29) is 12.2 Å². The zero-order valence-electron chi connectivity index (χ0n) is 11.2. The number of hydrogen-bond acceptors (Lipinski definition) is 5. The molecule has 0 spiro atoms. The summed E-state index contributed by atoms with van der Waals surface area (Å²) in [5.41, 5.74) is -1.16. The largest absolute Gasteiger partial charge is 0.466 e. The van der Waals surface area contributed by atoms with E-state index in [1.54, 1.807) is 6.92 Å². The van der Waals surface area contributed by atoms with E-state index in [4.69, 9.17) is 0 Å². The van der Waals surface area contributed by atoms with E-state index in [0.717, 1.165) is 12.1 Å². The molecule has 0 radical (unpaired) electrons. The summed E-state index contributed by atoms with van der Waals surface area (Å²) in [5, 5.41) is 0. The molecule has 118 valence electrons. The van der Waals surface area contributed by atoms with Gasteiger partial charge in [0.05, 0.1) is 24.8 Å². The third-order valence-corrected chi connectivity index (χ3v) is 2.69. The van der Waals surface area contributed by atoms with Crippen LogP contribution in [0.4, 0.5) is 13.2 Å². The van der Waals surface area contributed by atoms with Gasteiger partial charge in [-0.05, 0) is 30.7 Å². The first-order valence-electron chi connectivity index (χ1n) is 5.77. The Labute approximate surface area is 119 Å². The average Bonchev–Trinajstić information content (AvgIpc) is 2.24. The molecule has 5 nitrogen and oxygen atoms in total. The number of alkyl halides is 3. The molecular formula is C12H13F3O5S. The minimum atomic E-state index is -4.69. The number of hydrogen-bond donors (Lipinski definition) is 0. The molecule has 0 bridgehead atoms. The molecule has 0 saturated carbocycles. The smallest absolute Gasteiger partial charge is 0.416 e. The molecule has 1 aromatic carbocycles. The number of halogens is 3. The summed E-state index contributed by atoms with van der Waals surface area (Å²) in [4.78, 5) is 11.3. The Morgan fingerprint density at radius 3 is 2.33 bits per heavy atom. The molecule has 0 fully saturated rings. The predicted molar refractivity (Wildman–Crippen MR) is 67.3 cm³/mol. The summed E-state index contributed by atoms with van der Waals surface area (Å²) in [6.45, 7) is 1.65. The van der Waals surface area contributed by atoms with Crippen molar-refractivity contribution in [1.82, 2.24) is 0 Å². The topological polar surface area (TPSA) is 69.7 Å².